The van der Waals surface area contributed by atoms with E-state index in [-0.39, 0.29) is 6.04 Å². The Morgan fingerprint density at radius 1 is 1.39 bits per heavy atom. The molecule has 1 atom stereocenters. The van der Waals surface area contributed by atoms with E-state index in [9.17, 15) is 0 Å². The molecular formula is C13H16ClN3O. The van der Waals surface area contributed by atoms with Crippen molar-refractivity contribution >= 4 is 11.6 Å². The van der Waals surface area contributed by atoms with Crippen molar-refractivity contribution in [3.05, 3.63) is 47.5 Å². The van der Waals surface area contributed by atoms with Crippen LogP contribution in [-0.2, 0) is 13.5 Å². The fourth-order valence-corrected chi connectivity index (χ4v) is 1.75. The van der Waals surface area contributed by atoms with Crippen molar-refractivity contribution in [3.63, 3.8) is 0 Å². The largest absolute Gasteiger partial charge is 0.492 e. The van der Waals surface area contributed by atoms with Crippen LogP contribution in [0.15, 0.2) is 36.7 Å². The van der Waals surface area contributed by atoms with Crippen molar-refractivity contribution in [2.24, 2.45) is 12.8 Å². The summed E-state index contributed by atoms with van der Waals surface area (Å²) in [6.45, 7) is 0.453. The van der Waals surface area contributed by atoms with Gasteiger partial charge in [-0.3, -0.25) is 0 Å². The topological polar surface area (TPSA) is 53.1 Å². The first-order chi connectivity index (χ1) is 8.65. The Kier molecular flexibility index (Phi) is 4.23. The van der Waals surface area contributed by atoms with E-state index in [1.807, 2.05) is 29.9 Å². The van der Waals surface area contributed by atoms with Crippen molar-refractivity contribution in [3.8, 4) is 5.75 Å². The summed E-state index contributed by atoms with van der Waals surface area (Å²) >= 11 is 5.80. The van der Waals surface area contributed by atoms with E-state index in [1.165, 1.54) is 0 Å². The standard InChI is InChI=1S/C13H16ClN3O/c1-17-7-6-16-13(17)8-11(15)9-18-12-4-2-10(14)3-5-12/h2-7,11H,8-9,15H2,1H3. The number of aromatic nitrogens is 2. The van der Waals surface area contributed by atoms with Crippen molar-refractivity contribution in [1.82, 2.24) is 9.55 Å². The molecule has 1 aromatic heterocycles. The minimum Gasteiger partial charge on any atom is -0.492 e. The average Bonchev–Trinajstić information content (AvgIpc) is 2.74. The van der Waals surface area contributed by atoms with Crippen LogP contribution in [0.25, 0.3) is 0 Å². The molecule has 96 valence electrons. The van der Waals surface area contributed by atoms with Crippen LogP contribution in [0.4, 0.5) is 0 Å². The van der Waals surface area contributed by atoms with Crippen LogP contribution in [-0.4, -0.2) is 22.2 Å². The van der Waals surface area contributed by atoms with Gasteiger partial charge in [0, 0.05) is 36.9 Å². The van der Waals surface area contributed by atoms with Gasteiger partial charge in [0.15, 0.2) is 0 Å². The molecule has 0 radical (unpaired) electrons. The fourth-order valence-electron chi connectivity index (χ4n) is 1.62. The molecule has 0 aliphatic heterocycles. The zero-order chi connectivity index (χ0) is 13.0. The van der Waals surface area contributed by atoms with Crippen LogP contribution in [0.5, 0.6) is 5.75 Å². The first-order valence-electron chi connectivity index (χ1n) is 5.75. The second kappa shape index (κ2) is 5.89. The summed E-state index contributed by atoms with van der Waals surface area (Å²) in [6, 6.07) is 7.16. The molecule has 0 bridgehead atoms. The lowest BCUT2D eigenvalue weighted by molar-refractivity contribution is 0.285. The van der Waals surface area contributed by atoms with Gasteiger partial charge in [0.1, 0.15) is 18.2 Å². The third-order valence-electron chi connectivity index (χ3n) is 2.64. The average molecular weight is 266 g/mol. The molecule has 0 aliphatic carbocycles. The van der Waals surface area contributed by atoms with Gasteiger partial charge in [0.05, 0.1) is 0 Å². The summed E-state index contributed by atoms with van der Waals surface area (Å²) in [6.07, 6.45) is 4.36. The monoisotopic (exact) mass is 265 g/mol. The van der Waals surface area contributed by atoms with Crippen molar-refractivity contribution in [1.29, 1.82) is 0 Å². The molecule has 1 unspecified atom stereocenters. The Bertz CT molecular complexity index is 495. The number of nitrogens with zero attached hydrogens (tertiary/aromatic N) is 2. The lowest BCUT2D eigenvalue weighted by Crippen LogP contribution is -2.31. The molecular weight excluding hydrogens is 250 g/mol. The lowest BCUT2D eigenvalue weighted by atomic mass is 10.2. The number of hydrogen-bond donors (Lipinski definition) is 1. The third kappa shape index (κ3) is 3.48. The smallest absolute Gasteiger partial charge is 0.119 e. The van der Waals surface area contributed by atoms with Gasteiger partial charge in [-0.15, -0.1) is 0 Å². The molecule has 2 N–H and O–H groups in total. The van der Waals surface area contributed by atoms with Crippen LogP contribution in [0.2, 0.25) is 5.02 Å². The van der Waals surface area contributed by atoms with Gasteiger partial charge in [-0.05, 0) is 24.3 Å². The summed E-state index contributed by atoms with van der Waals surface area (Å²) in [4.78, 5) is 4.23. The van der Waals surface area contributed by atoms with Crippen LogP contribution >= 0.6 is 11.6 Å². The Labute approximate surface area is 111 Å². The van der Waals surface area contributed by atoms with E-state index in [2.05, 4.69) is 4.98 Å². The number of halogens is 1. The highest BCUT2D eigenvalue weighted by molar-refractivity contribution is 6.30. The predicted molar refractivity (Wildman–Crippen MR) is 71.8 cm³/mol. The molecule has 18 heavy (non-hydrogen) atoms. The van der Waals surface area contributed by atoms with Gasteiger partial charge in [-0.25, -0.2) is 4.98 Å². The summed E-state index contributed by atoms with van der Waals surface area (Å²) in [7, 11) is 1.95. The molecule has 0 aliphatic rings. The van der Waals surface area contributed by atoms with E-state index in [4.69, 9.17) is 22.1 Å². The van der Waals surface area contributed by atoms with E-state index in [1.54, 1.807) is 18.3 Å². The second-order valence-electron chi connectivity index (χ2n) is 4.18. The second-order valence-corrected chi connectivity index (χ2v) is 4.62. The van der Waals surface area contributed by atoms with E-state index >= 15 is 0 Å². The first kappa shape index (κ1) is 12.9. The Balaban J connectivity index is 1.83. The summed E-state index contributed by atoms with van der Waals surface area (Å²) in [5.74, 6) is 1.73. The van der Waals surface area contributed by atoms with Gasteiger partial charge >= 0.3 is 0 Å². The molecule has 4 nitrogen and oxygen atoms in total. The van der Waals surface area contributed by atoms with Crippen LogP contribution in [0, 0.1) is 0 Å². The zero-order valence-electron chi connectivity index (χ0n) is 10.2. The Hall–Kier alpha value is -1.52. The molecule has 2 rings (SSSR count). The number of ether oxygens (including phenoxy) is 1. The quantitative estimate of drug-likeness (QED) is 0.900. The minimum atomic E-state index is -0.0817. The summed E-state index contributed by atoms with van der Waals surface area (Å²) in [5.41, 5.74) is 6.01. The van der Waals surface area contributed by atoms with Crippen molar-refractivity contribution < 1.29 is 4.74 Å². The van der Waals surface area contributed by atoms with Gasteiger partial charge in [-0.2, -0.15) is 0 Å². The molecule has 1 aromatic carbocycles. The molecule has 1 heterocycles. The number of benzene rings is 1. The first-order valence-corrected chi connectivity index (χ1v) is 6.13. The highest BCUT2D eigenvalue weighted by Gasteiger charge is 2.08. The summed E-state index contributed by atoms with van der Waals surface area (Å²) < 4.78 is 7.55. The van der Waals surface area contributed by atoms with E-state index in [0.717, 1.165) is 11.6 Å². The van der Waals surface area contributed by atoms with E-state index < -0.39 is 0 Å². The van der Waals surface area contributed by atoms with Crippen LogP contribution < -0.4 is 10.5 Å². The Morgan fingerprint density at radius 3 is 2.72 bits per heavy atom. The molecule has 0 saturated heterocycles. The highest BCUT2D eigenvalue weighted by atomic mass is 35.5. The Morgan fingerprint density at radius 2 is 2.11 bits per heavy atom. The van der Waals surface area contributed by atoms with Gasteiger partial charge in [0.25, 0.3) is 0 Å². The molecule has 5 heteroatoms. The lowest BCUT2D eigenvalue weighted by Gasteiger charge is -2.13. The van der Waals surface area contributed by atoms with E-state index in [0.29, 0.717) is 18.1 Å². The van der Waals surface area contributed by atoms with Gasteiger partial charge in [0.2, 0.25) is 0 Å². The predicted octanol–water partition coefficient (Wildman–Crippen LogP) is 2.02. The van der Waals surface area contributed by atoms with Gasteiger partial charge < -0.3 is 15.0 Å². The van der Waals surface area contributed by atoms with Crippen molar-refractivity contribution in [2.45, 2.75) is 12.5 Å². The van der Waals surface area contributed by atoms with Crippen LogP contribution in [0.3, 0.4) is 0 Å². The number of imidazole rings is 1. The molecule has 0 saturated carbocycles. The van der Waals surface area contributed by atoms with Crippen LogP contribution in [0.1, 0.15) is 5.82 Å². The SMILES string of the molecule is Cn1ccnc1CC(N)COc1ccc(Cl)cc1. The minimum absolute atomic E-state index is 0.0817. The maximum absolute atomic E-state index is 6.01. The third-order valence-corrected chi connectivity index (χ3v) is 2.90. The number of aryl methyl sites for hydroxylation is 1. The summed E-state index contributed by atoms with van der Waals surface area (Å²) in [5, 5.41) is 0.694. The molecule has 0 fully saturated rings. The molecule has 2 aromatic rings. The maximum atomic E-state index is 6.01. The number of rotatable bonds is 5. The maximum Gasteiger partial charge on any atom is 0.119 e. The number of nitrogens with two attached hydrogens (primary N) is 1. The normalized spacial score (nSPS) is 12.4. The molecule has 0 spiro atoms. The van der Waals surface area contributed by atoms with Gasteiger partial charge in [-0.1, -0.05) is 11.6 Å². The zero-order valence-corrected chi connectivity index (χ0v) is 11.0. The fraction of sp³-hybridized carbons (Fsp3) is 0.308. The van der Waals surface area contributed by atoms with Crippen molar-refractivity contribution in [2.75, 3.05) is 6.61 Å². The molecule has 0 amide bonds. The number of hydrogen-bond acceptors (Lipinski definition) is 3. The highest BCUT2D eigenvalue weighted by Crippen LogP contribution is 2.15.